The van der Waals surface area contributed by atoms with Gasteiger partial charge in [0.15, 0.2) is 0 Å². The monoisotopic (exact) mass is 393 g/mol. The number of carbonyl (C=O) groups is 2. The summed E-state index contributed by atoms with van der Waals surface area (Å²) in [7, 11) is 0. The third-order valence-electron chi connectivity index (χ3n) is 3.79. The van der Waals surface area contributed by atoms with E-state index in [1.807, 2.05) is 0 Å². The van der Waals surface area contributed by atoms with Crippen LogP contribution in [0.3, 0.4) is 0 Å². The Balaban J connectivity index is 1.96. The molecule has 0 bridgehead atoms. The van der Waals surface area contributed by atoms with Crippen LogP contribution < -0.4 is 5.32 Å². The molecular weight excluding hydrogens is 372 g/mol. The molecule has 0 aliphatic carbocycles. The fraction of sp³-hybridized carbons (Fsp3) is 0.625. The van der Waals surface area contributed by atoms with E-state index in [0.29, 0.717) is 12.2 Å². The fourth-order valence-corrected chi connectivity index (χ4v) is 2.94. The van der Waals surface area contributed by atoms with Crippen molar-refractivity contribution in [3.05, 3.63) is 21.4 Å². The molecule has 0 aromatic carbocycles. The molecule has 1 aliphatic rings. The van der Waals surface area contributed by atoms with Gasteiger partial charge in [-0.3, -0.25) is 4.79 Å². The Morgan fingerprint density at radius 1 is 1.32 bits per heavy atom. The van der Waals surface area contributed by atoms with Gasteiger partial charge in [0.1, 0.15) is 17.5 Å². The maximum Gasteiger partial charge on any atom is 0.410 e. The van der Waals surface area contributed by atoms with Gasteiger partial charge in [-0.15, -0.1) is 0 Å². The van der Waals surface area contributed by atoms with Crippen molar-refractivity contribution < 1.29 is 18.7 Å². The average molecular weight is 394 g/mol. The lowest BCUT2D eigenvalue weighted by molar-refractivity contribution is 0.00971. The van der Waals surface area contributed by atoms with Crippen molar-refractivity contribution >= 4 is 35.2 Å². The smallest absolute Gasteiger partial charge is 0.410 e. The minimum absolute atomic E-state index is 0.103. The van der Waals surface area contributed by atoms with Crippen LogP contribution in [0.5, 0.6) is 0 Å². The van der Waals surface area contributed by atoms with Gasteiger partial charge in [0.05, 0.1) is 22.6 Å². The lowest BCUT2D eigenvalue weighted by Gasteiger charge is -2.35. The molecule has 2 atom stereocenters. The van der Waals surface area contributed by atoms with E-state index < -0.39 is 29.8 Å². The van der Waals surface area contributed by atoms with E-state index in [1.54, 1.807) is 27.7 Å². The van der Waals surface area contributed by atoms with E-state index in [-0.39, 0.29) is 28.7 Å². The molecule has 2 heterocycles. The fourth-order valence-electron chi connectivity index (χ4n) is 2.53. The highest BCUT2D eigenvalue weighted by Crippen LogP contribution is 2.29. The molecule has 2 N–H and O–H groups in total. The molecule has 0 unspecified atom stereocenters. The first-order chi connectivity index (χ1) is 11.5. The topological polar surface area (TPSA) is 74.4 Å². The normalized spacial score (nSPS) is 21.2. The molecule has 9 heteroatoms. The molecular formula is C16H22Cl2FN3O3. The number of rotatable bonds is 2. The summed E-state index contributed by atoms with van der Waals surface area (Å²) in [6.45, 7) is 7.08. The number of halogens is 3. The standard InChI is InChI=1S/C16H22Cl2FN3O3/c1-8-11(17)12(18)13(20-8)14(23)21-10-5-6-22(7-9(10)19)15(24)25-16(2,3)4/h9-10,20H,5-7H2,1-4H3,(H,21,23)/t9-,10-/m1/s1. The quantitative estimate of drug-likeness (QED) is 0.803. The number of hydrogen-bond acceptors (Lipinski definition) is 3. The molecule has 2 amide bonds. The number of hydrogen-bond donors (Lipinski definition) is 2. The van der Waals surface area contributed by atoms with Gasteiger partial charge in [-0.05, 0) is 34.1 Å². The number of aryl methyl sites for hydroxylation is 1. The van der Waals surface area contributed by atoms with Crippen molar-refractivity contribution in [2.75, 3.05) is 13.1 Å². The lowest BCUT2D eigenvalue weighted by Crippen LogP contribution is -2.54. The third kappa shape index (κ3) is 4.79. The number of carbonyl (C=O) groups excluding carboxylic acids is 2. The first kappa shape index (κ1) is 19.8. The maximum atomic E-state index is 14.4. The summed E-state index contributed by atoms with van der Waals surface area (Å²) >= 11 is 11.9. The van der Waals surface area contributed by atoms with Gasteiger partial charge in [0.25, 0.3) is 5.91 Å². The summed E-state index contributed by atoms with van der Waals surface area (Å²) in [6, 6.07) is -0.718. The van der Waals surface area contributed by atoms with Crippen LogP contribution in [-0.4, -0.2) is 52.8 Å². The van der Waals surface area contributed by atoms with Gasteiger partial charge in [-0.2, -0.15) is 0 Å². The lowest BCUT2D eigenvalue weighted by atomic mass is 10.0. The number of piperidine rings is 1. The van der Waals surface area contributed by atoms with Crippen molar-refractivity contribution in [2.24, 2.45) is 0 Å². The highest BCUT2D eigenvalue weighted by molar-refractivity contribution is 6.44. The third-order valence-corrected chi connectivity index (χ3v) is 4.74. The second-order valence-corrected chi connectivity index (χ2v) is 7.82. The summed E-state index contributed by atoms with van der Waals surface area (Å²) in [4.78, 5) is 28.4. The number of aromatic amines is 1. The molecule has 140 valence electrons. The van der Waals surface area contributed by atoms with Crippen molar-refractivity contribution in [1.29, 1.82) is 0 Å². The molecule has 1 aliphatic heterocycles. The van der Waals surface area contributed by atoms with Crippen LogP contribution >= 0.6 is 23.2 Å². The zero-order valence-electron chi connectivity index (χ0n) is 14.6. The van der Waals surface area contributed by atoms with Crippen molar-refractivity contribution in [3.63, 3.8) is 0 Å². The van der Waals surface area contributed by atoms with Crippen LogP contribution in [-0.2, 0) is 4.74 Å². The summed E-state index contributed by atoms with van der Waals surface area (Å²) in [5, 5.41) is 2.98. The van der Waals surface area contributed by atoms with Crippen LogP contribution in [0.2, 0.25) is 10.0 Å². The average Bonchev–Trinajstić information content (AvgIpc) is 2.75. The number of nitrogens with one attached hydrogen (secondary N) is 2. The number of ether oxygens (including phenoxy) is 1. The van der Waals surface area contributed by atoms with Crippen molar-refractivity contribution in [1.82, 2.24) is 15.2 Å². The highest BCUT2D eigenvalue weighted by atomic mass is 35.5. The SMILES string of the molecule is Cc1[nH]c(C(=O)N[C@@H]2CCN(C(=O)OC(C)(C)C)C[C@H]2F)c(Cl)c1Cl. The zero-order valence-corrected chi connectivity index (χ0v) is 16.1. The Labute approximate surface area is 156 Å². The second-order valence-electron chi connectivity index (χ2n) is 7.06. The second kappa shape index (κ2) is 7.41. The Hall–Kier alpha value is -1.47. The number of aromatic nitrogens is 1. The van der Waals surface area contributed by atoms with E-state index in [4.69, 9.17) is 27.9 Å². The summed E-state index contributed by atoms with van der Waals surface area (Å²) in [5.41, 5.74) is 0.0226. The van der Waals surface area contributed by atoms with Gasteiger partial charge >= 0.3 is 6.09 Å². The maximum absolute atomic E-state index is 14.4. The van der Waals surface area contributed by atoms with Gasteiger partial charge in [-0.25, -0.2) is 9.18 Å². The predicted molar refractivity (Wildman–Crippen MR) is 94.1 cm³/mol. The number of alkyl halides is 1. The van der Waals surface area contributed by atoms with Crippen LogP contribution in [0.1, 0.15) is 43.4 Å². The Bertz CT molecular complexity index is 672. The molecule has 2 rings (SSSR count). The van der Waals surface area contributed by atoms with E-state index in [1.165, 1.54) is 4.90 Å². The van der Waals surface area contributed by atoms with E-state index in [9.17, 15) is 14.0 Å². The zero-order chi connectivity index (χ0) is 18.9. The summed E-state index contributed by atoms with van der Waals surface area (Å²) < 4.78 is 19.7. The number of likely N-dealkylation sites (tertiary alicyclic amines) is 1. The minimum atomic E-state index is -1.41. The Morgan fingerprint density at radius 3 is 2.44 bits per heavy atom. The van der Waals surface area contributed by atoms with E-state index in [2.05, 4.69) is 10.3 Å². The largest absolute Gasteiger partial charge is 0.444 e. The number of H-pyrrole nitrogens is 1. The number of nitrogens with zero attached hydrogens (tertiary/aromatic N) is 1. The summed E-state index contributed by atoms with van der Waals surface area (Å²) in [6.07, 6.45) is -1.69. The van der Waals surface area contributed by atoms with Gasteiger partial charge in [0.2, 0.25) is 0 Å². The molecule has 25 heavy (non-hydrogen) atoms. The van der Waals surface area contributed by atoms with Crippen LogP contribution in [0.25, 0.3) is 0 Å². The van der Waals surface area contributed by atoms with Gasteiger partial charge < -0.3 is 19.9 Å². The summed E-state index contributed by atoms with van der Waals surface area (Å²) in [5.74, 6) is -0.529. The predicted octanol–water partition coefficient (Wildman–Crippen LogP) is 3.71. The molecule has 0 radical (unpaired) electrons. The van der Waals surface area contributed by atoms with E-state index in [0.717, 1.165) is 0 Å². The van der Waals surface area contributed by atoms with Crippen molar-refractivity contribution in [2.45, 2.75) is 51.9 Å². The molecule has 6 nitrogen and oxygen atoms in total. The highest BCUT2D eigenvalue weighted by Gasteiger charge is 2.35. The first-order valence-corrected chi connectivity index (χ1v) is 8.71. The molecule has 0 saturated carbocycles. The van der Waals surface area contributed by atoms with Crippen LogP contribution in [0.4, 0.5) is 9.18 Å². The van der Waals surface area contributed by atoms with Crippen molar-refractivity contribution in [3.8, 4) is 0 Å². The minimum Gasteiger partial charge on any atom is -0.444 e. The van der Waals surface area contributed by atoms with Gasteiger partial charge in [0, 0.05) is 12.2 Å². The first-order valence-electron chi connectivity index (χ1n) is 7.96. The van der Waals surface area contributed by atoms with E-state index >= 15 is 0 Å². The molecule has 1 fully saturated rings. The van der Waals surface area contributed by atoms with Crippen LogP contribution in [0.15, 0.2) is 0 Å². The van der Waals surface area contributed by atoms with Crippen LogP contribution in [0, 0.1) is 6.92 Å². The molecule has 0 spiro atoms. The molecule has 1 aromatic rings. The molecule has 1 saturated heterocycles. The Morgan fingerprint density at radius 2 is 1.96 bits per heavy atom. The number of amides is 2. The molecule has 1 aromatic heterocycles. The van der Waals surface area contributed by atoms with Gasteiger partial charge in [-0.1, -0.05) is 23.2 Å². The Kier molecular flexibility index (Phi) is 5.89.